The van der Waals surface area contributed by atoms with Gasteiger partial charge in [-0.2, -0.15) is 5.10 Å². The second-order valence-corrected chi connectivity index (χ2v) is 10.9. The number of aryl methyl sites for hydroxylation is 1. The zero-order chi connectivity index (χ0) is 24.9. The van der Waals surface area contributed by atoms with E-state index in [0.29, 0.717) is 18.0 Å². The molecule has 2 atom stereocenters. The second kappa shape index (κ2) is 10.9. The van der Waals surface area contributed by atoms with E-state index in [1.807, 2.05) is 30.3 Å². The molecule has 1 aromatic heterocycles. The lowest BCUT2D eigenvalue weighted by Gasteiger charge is -2.36. The Balaban J connectivity index is 1.85. The summed E-state index contributed by atoms with van der Waals surface area (Å²) in [5.41, 5.74) is 1.11. The Morgan fingerprint density at radius 3 is 2.65 bits per heavy atom. The van der Waals surface area contributed by atoms with Crippen molar-refractivity contribution in [1.82, 2.24) is 24.7 Å². The van der Waals surface area contributed by atoms with Gasteiger partial charge in [-0.25, -0.2) is 13.1 Å². The fraction of sp³-hybridized carbons (Fsp3) is 0.500. The van der Waals surface area contributed by atoms with Gasteiger partial charge >= 0.3 is 0 Å². The maximum atomic E-state index is 13.4. The summed E-state index contributed by atoms with van der Waals surface area (Å²) in [6, 6.07) is 10.4. The summed E-state index contributed by atoms with van der Waals surface area (Å²) in [6.07, 6.45) is 1.04. The van der Waals surface area contributed by atoms with Gasteiger partial charge in [-0.05, 0) is 24.8 Å². The van der Waals surface area contributed by atoms with Crippen molar-refractivity contribution in [3.63, 3.8) is 0 Å². The van der Waals surface area contributed by atoms with Crippen LogP contribution >= 0.6 is 11.6 Å². The summed E-state index contributed by atoms with van der Waals surface area (Å²) < 4.78 is 33.1. The summed E-state index contributed by atoms with van der Waals surface area (Å²) in [7, 11) is 0.643. The van der Waals surface area contributed by atoms with E-state index in [-0.39, 0.29) is 37.7 Å². The van der Waals surface area contributed by atoms with Crippen LogP contribution in [0.4, 0.5) is 0 Å². The summed E-state index contributed by atoms with van der Waals surface area (Å²) >= 11 is 6.02. The molecule has 2 N–H and O–H groups in total. The maximum absolute atomic E-state index is 13.4. The molecule has 1 fully saturated rings. The van der Waals surface area contributed by atoms with Crippen molar-refractivity contribution < 1.29 is 22.7 Å². The van der Waals surface area contributed by atoms with Gasteiger partial charge in [-0.15, -0.1) is 0 Å². The molecule has 1 aromatic carbocycles. The average Bonchev–Trinajstić information content (AvgIpc) is 3.13. The van der Waals surface area contributed by atoms with E-state index in [4.69, 9.17) is 16.3 Å². The number of methoxy groups -OCH3 is 1. The summed E-state index contributed by atoms with van der Waals surface area (Å²) in [5, 5.41) is 7.32. The van der Waals surface area contributed by atoms with Crippen molar-refractivity contribution in [3.8, 4) is 0 Å². The minimum absolute atomic E-state index is 0.129. The maximum Gasteiger partial charge on any atom is 0.274 e. The van der Waals surface area contributed by atoms with Crippen LogP contribution in [0.5, 0.6) is 0 Å². The van der Waals surface area contributed by atoms with Crippen LogP contribution in [0.15, 0.2) is 36.4 Å². The molecule has 2 aromatic rings. The predicted molar refractivity (Wildman–Crippen MR) is 128 cm³/mol. The number of hydrogen-bond donors (Lipinski definition) is 2. The summed E-state index contributed by atoms with van der Waals surface area (Å²) in [4.78, 5) is 27.8. The number of benzene rings is 1. The molecule has 1 aliphatic heterocycles. The standard InChI is InChI=1S/C22H30ClN5O5S/c1-27(20(29)18-13-19(23)28(2)26-18)14-17(12-16-8-5-4-6-9-16)25-21(30)22(15-33-3)10-7-11-24-34(22,31)32/h4-6,8-9,13,17,24H,7,10-12,14-15H2,1-3H3,(H,25,30). The topological polar surface area (TPSA) is 123 Å². The molecule has 34 heavy (non-hydrogen) atoms. The molecule has 3 rings (SSSR count). The van der Waals surface area contributed by atoms with Crippen molar-refractivity contribution >= 4 is 33.4 Å². The van der Waals surface area contributed by atoms with Crippen LogP contribution in [-0.2, 0) is 33.0 Å². The largest absolute Gasteiger partial charge is 0.382 e. The molecular formula is C22H30ClN5O5S. The van der Waals surface area contributed by atoms with Gasteiger partial charge in [0.25, 0.3) is 5.91 Å². The molecule has 0 spiro atoms. The van der Waals surface area contributed by atoms with E-state index in [2.05, 4.69) is 15.1 Å². The van der Waals surface area contributed by atoms with E-state index in [1.165, 1.54) is 22.8 Å². The first-order valence-corrected chi connectivity index (χ1v) is 12.7. The molecule has 0 radical (unpaired) electrons. The van der Waals surface area contributed by atoms with Crippen LogP contribution in [0.3, 0.4) is 0 Å². The number of halogens is 1. The molecule has 12 heteroatoms. The Labute approximate surface area is 204 Å². The number of nitrogens with one attached hydrogen (secondary N) is 2. The molecule has 1 saturated heterocycles. The quantitative estimate of drug-likeness (QED) is 0.517. The lowest BCUT2D eigenvalue weighted by atomic mass is 9.99. The van der Waals surface area contributed by atoms with E-state index in [9.17, 15) is 18.0 Å². The Kier molecular flexibility index (Phi) is 8.34. The van der Waals surface area contributed by atoms with E-state index >= 15 is 0 Å². The van der Waals surface area contributed by atoms with Gasteiger partial charge in [-0.1, -0.05) is 41.9 Å². The highest BCUT2D eigenvalue weighted by Crippen LogP contribution is 2.28. The number of carbonyl (C=O) groups excluding carboxylic acids is 2. The fourth-order valence-corrected chi connectivity index (χ4v) is 5.89. The normalized spacial score (nSPS) is 20.5. The van der Waals surface area contributed by atoms with Crippen molar-refractivity contribution in [2.24, 2.45) is 7.05 Å². The highest BCUT2D eigenvalue weighted by Gasteiger charge is 2.52. The molecule has 0 bridgehead atoms. The predicted octanol–water partition coefficient (Wildman–Crippen LogP) is 0.971. The number of carbonyl (C=O) groups is 2. The number of likely N-dealkylation sites (N-methyl/N-ethyl adjacent to an activating group) is 1. The third-order valence-electron chi connectivity index (χ3n) is 5.90. The Morgan fingerprint density at radius 2 is 2.06 bits per heavy atom. The minimum atomic E-state index is -3.95. The van der Waals surface area contributed by atoms with Crippen LogP contribution in [0.2, 0.25) is 5.15 Å². The van der Waals surface area contributed by atoms with Crippen LogP contribution in [-0.4, -0.2) is 79.6 Å². The first-order valence-electron chi connectivity index (χ1n) is 10.9. The number of ether oxygens (including phenoxy) is 1. The van der Waals surface area contributed by atoms with Crippen molar-refractivity contribution in [3.05, 3.63) is 52.8 Å². The van der Waals surface area contributed by atoms with Gasteiger partial charge in [0.2, 0.25) is 15.9 Å². The fourth-order valence-electron chi connectivity index (χ4n) is 4.07. The molecule has 0 saturated carbocycles. The van der Waals surface area contributed by atoms with Crippen LogP contribution in [0.1, 0.15) is 28.9 Å². The smallest absolute Gasteiger partial charge is 0.274 e. The zero-order valence-electron chi connectivity index (χ0n) is 19.5. The third-order valence-corrected chi connectivity index (χ3v) is 8.37. The molecule has 10 nitrogen and oxygen atoms in total. The number of sulfonamides is 1. The number of aromatic nitrogens is 2. The minimum Gasteiger partial charge on any atom is -0.382 e. The lowest BCUT2D eigenvalue weighted by Crippen LogP contribution is -2.63. The van der Waals surface area contributed by atoms with Crippen LogP contribution in [0.25, 0.3) is 0 Å². The highest BCUT2D eigenvalue weighted by atomic mass is 35.5. The molecule has 2 unspecified atom stereocenters. The van der Waals surface area contributed by atoms with E-state index in [1.54, 1.807) is 14.1 Å². The van der Waals surface area contributed by atoms with Gasteiger partial charge in [-0.3, -0.25) is 14.3 Å². The van der Waals surface area contributed by atoms with Crippen molar-refractivity contribution in [2.45, 2.75) is 30.1 Å². The third kappa shape index (κ3) is 5.60. The van der Waals surface area contributed by atoms with E-state index < -0.39 is 26.7 Å². The number of nitrogens with zero attached hydrogens (tertiary/aromatic N) is 3. The number of rotatable bonds is 9. The van der Waals surface area contributed by atoms with E-state index in [0.717, 1.165) is 5.56 Å². The Morgan fingerprint density at radius 1 is 1.35 bits per heavy atom. The highest BCUT2D eigenvalue weighted by molar-refractivity contribution is 7.91. The van der Waals surface area contributed by atoms with Gasteiger partial charge in [0.15, 0.2) is 10.4 Å². The van der Waals surface area contributed by atoms with Gasteiger partial charge in [0, 0.05) is 40.4 Å². The summed E-state index contributed by atoms with van der Waals surface area (Å²) in [5.74, 6) is -1.02. The second-order valence-electron chi connectivity index (χ2n) is 8.45. The molecule has 2 heterocycles. The zero-order valence-corrected chi connectivity index (χ0v) is 21.0. The molecule has 1 aliphatic rings. The van der Waals surface area contributed by atoms with Gasteiger partial charge < -0.3 is 15.0 Å². The average molecular weight is 512 g/mol. The summed E-state index contributed by atoms with van der Waals surface area (Å²) in [6.45, 7) is 0.135. The molecule has 186 valence electrons. The molecule has 2 amide bonds. The van der Waals surface area contributed by atoms with Gasteiger partial charge in [0.05, 0.1) is 12.6 Å². The van der Waals surface area contributed by atoms with Crippen LogP contribution < -0.4 is 10.0 Å². The number of amides is 2. The first-order chi connectivity index (χ1) is 16.1. The first kappa shape index (κ1) is 26.1. The SMILES string of the molecule is COCC1(C(=O)NC(Cc2ccccc2)CN(C)C(=O)c2cc(Cl)n(C)n2)CCCNS1(=O)=O. The molecule has 0 aliphatic carbocycles. The molecular weight excluding hydrogens is 482 g/mol. The van der Waals surface area contributed by atoms with Crippen molar-refractivity contribution in [1.29, 1.82) is 0 Å². The Bertz CT molecular complexity index is 1100. The number of hydrogen-bond acceptors (Lipinski definition) is 6. The van der Waals surface area contributed by atoms with Gasteiger partial charge in [0.1, 0.15) is 5.15 Å². The lowest BCUT2D eigenvalue weighted by molar-refractivity contribution is -0.126. The monoisotopic (exact) mass is 511 g/mol. The van der Waals surface area contributed by atoms with Crippen molar-refractivity contribution in [2.75, 3.05) is 33.9 Å². The van der Waals surface area contributed by atoms with Crippen LogP contribution in [0, 0.1) is 0 Å². The Hall–Kier alpha value is -2.47.